The highest BCUT2D eigenvalue weighted by molar-refractivity contribution is 6.02. The van der Waals surface area contributed by atoms with E-state index in [-0.39, 0.29) is 0 Å². The van der Waals surface area contributed by atoms with Crippen LogP contribution in [0.5, 0.6) is 0 Å². The van der Waals surface area contributed by atoms with Crippen molar-refractivity contribution in [2.24, 2.45) is 5.92 Å². The van der Waals surface area contributed by atoms with Crippen LogP contribution < -0.4 is 0 Å². The topological polar surface area (TPSA) is 0 Å². The lowest BCUT2D eigenvalue weighted by Gasteiger charge is -2.22. The van der Waals surface area contributed by atoms with Crippen molar-refractivity contribution < 1.29 is 0 Å². The Morgan fingerprint density at radius 1 is 0.528 bits per heavy atom. The molecular formula is C36H32. The first-order valence-corrected chi connectivity index (χ1v) is 13.7. The maximum Gasteiger partial charge on any atom is -0.00513 e. The number of rotatable bonds is 4. The molecular weight excluding hydrogens is 432 g/mol. The lowest BCUT2D eigenvalue weighted by Crippen LogP contribution is -2.07. The first-order chi connectivity index (χ1) is 17.8. The monoisotopic (exact) mass is 464 g/mol. The Labute approximate surface area is 214 Å². The van der Waals surface area contributed by atoms with Gasteiger partial charge in [0.15, 0.2) is 0 Å². The Bertz CT molecular complexity index is 1600. The summed E-state index contributed by atoms with van der Waals surface area (Å²) in [7, 11) is 0. The third-order valence-electron chi connectivity index (χ3n) is 8.54. The predicted octanol–water partition coefficient (Wildman–Crippen LogP) is 10.2. The molecule has 176 valence electrons. The van der Waals surface area contributed by atoms with E-state index in [4.69, 9.17) is 0 Å². The number of hydrogen-bond donors (Lipinski definition) is 0. The van der Waals surface area contributed by atoms with Crippen LogP contribution in [0.2, 0.25) is 0 Å². The van der Waals surface area contributed by atoms with Crippen LogP contribution in [0.15, 0.2) is 103 Å². The van der Waals surface area contributed by atoms with Gasteiger partial charge in [0.05, 0.1) is 0 Å². The molecule has 0 aromatic heterocycles. The summed E-state index contributed by atoms with van der Waals surface area (Å²) in [5.74, 6) is 0.862. The summed E-state index contributed by atoms with van der Waals surface area (Å²) in [6.45, 7) is 0. The Balaban J connectivity index is 1.41. The van der Waals surface area contributed by atoms with E-state index in [1.54, 1.807) is 5.57 Å². The van der Waals surface area contributed by atoms with E-state index in [9.17, 15) is 0 Å². The molecule has 1 saturated carbocycles. The smallest absolute Gasteiger partial charge is 0.00513 e. The van der Waals surface area contributed by atoms with Gasteiger partial charge in [-0.25, -0.2) is 0 Å². The van der Waals surface area contributed by atoms with Crippen molar-refractivity contribution in [3.8, 4) is 22.3 Å². The van der Waals surface area contributed by atoms with Crippen LogP contribution in [0.25, 0.3) is 49.9 Å². The van der Waals surface area contributed by atoms with E-state index in [0.717, 1.165) is 12.3 Å². The molecule has 7 rings (SSSR count). The average Bonchev–Trinajstić information content (AvgIpc) is 3.36. The second kappa shape index (κ2) is 9.10. The Kier molecular flexibility index (Phi) is 5.47. The molecule has 0 spiro atoms. The molecule has 1 fully saturated rings. The van der Waals surface area contributed by atoms with Crippen molar-refractivity contribution in [3.63, 3.8) is 0 Å². The van der Waals surface area contributed by atoms with Crippen LogP contribution in [0, 0.1) is 5.92 Å². The molecule has 0 saturated heterocycles. The van der Waals surface area contributed by atoms with Gasteiger partial charge in [-0.2, -0.15) is 0 Å². The van der Waals surface area contributed by atoms with Crippen LogP contribution in [0.1, 0.15) is 49.7 Å². The van der Waals surface area contributed by atoms with Gasteiger partial charge in [0, 0.05) is 0 Å². The zero-order valence-corrected chi connectivity index (χ0v) is 20.8. The summed E-state index contributed by atoms with van der Waals surface area (Å²) in [4.78, 5) is 0. The third-order valence-corrected chi connectivity index (χ3v) is 8.54. The van der Waals surface area contributed by atoms with Crippen LogP contribution in [0.3, 0.4) is 0 Å². The summed E-state index contributed by atoms with van der Waals surface area (Å²) in [5, 5.41) is 5.32. The van der Waals surface area contributed by atoms with Crippen molar-refractivity contribution in [3.05, 3.63) is 114 Å². The lowest BCUT2D eigenvalue weighted by molar-refractivity contribution is 0.355. The number of allylic oxidation sites excluding steroid dienone is 1. The second-order valence-electron chi connectivity index (χ2n) is 10.8. The minimum absolute atomic E-state index is 0.862. The molecule has 0 radical (unpaired) electrons. The van der Waals surface area contributed by atoms with E-state index in [0.29, 0.717) is 0 Å². The quantitative estimate of drug-likeness (QED) is 0.248. The van der Waals surface area contributed by atoms with Crippen LogP contribution in [-0.2, 0) is 6.42 Å². The molecule has 36 heavy (non-hydrogen) atoms. The van der Waals surface area contributed by atoms with Crippen LogP contribution >= 0.6 is 0 Å². The molecule has 0 bridgehead atoms. The maximum absolute atomic E-state index is 2.57. The first kappa shape index (κ1) is 21.6. The lowest BCUT2D eigenvalue weighted by atomic mass is 9.84. The maximum atomic E-state index is 2.57. The first-order valence-electron chi connectivity index (χ1n) is 13.7. The zero-order chi connectivity index (χ0) is 23.9. The molecule has 0 nitrogen and oxygen atoms in total. The molecule has 0 heterocycles. The van der Waals surface area contributed by atoms with Crippen molar-refractivity contribution in [1.82, 2.24) is 0 Å². The average molecular weight is 465 g/mol. The minimum atomic E-state index is 0.862. The van der Waals surface area contributed by atoms with E-state index in [1.165, 1.54) is 93.5 Å². The highest BCUT2D eigenvalue weighted by Crippen LogP contribution is 2.45. The molecule has 0 amide bonds. The summed E-state index contributed by atoms with van der Waals surface area (Å²) < 4.78 is 0. The second-order valence-corrected chi connectivity index (χ2v) is 10.8. The largest absolute Gasteiger partial charge is 0.0649 e. The van der Waals surface area contributed by atoms with Crippen LogP contribution in [0.4, 0.5) is 0 Å². The van der Waals surface area contributed by atoms with Gasteiger partial charge < -0.3 is 0 Å². The molecule has 0 unspecified atom stereocenters. The summed E-state index contributed by atoms with van der Waals surface area (Å²) >= 11 is 0. The fourth-order valence-electron chi connectivity index (χ4n) is 6.80. The van der Waals surface area contributed by atoms with Gasteiger partial charge in [0.25, 0.3) is 0 Å². The highest BCUT2D eigenvalue weighted by Gasteiger charge is 2.24. The normalized spacial score (nSPS) is 15.8. The number of benzene rings is 5. The fraction of sp³-hybridized carbons (Fsp3) is 0.222. The third kappa shape index (κ3) is 3.77. The summed E-state index contributed by atoms with van der Waals surface area (Å²) in [6.07, 6.45) is 12.0. The number of fused-ring (bicyclic) bond motifs is 3. The van der Waals surface area contributed by atoms with Crippen molar-refractivity contribution in [2.45, 2.75) is 44.9 Å². The van der Waals surface area contributed by atoms with Gasteiger partial charge >= 0.3 is 0 Å². The van der Waals surface area contributed by atoms with Gasteiger partial charge in [-0.3, -0.25) is 0 Å². The zero-order valence-electron chi connectivity index (χ0n) is 20.8. The molecule has 0 N–H and O–H groups in total. The molecule has 0 aliphatic heterocycles. The highest BCUT2D eigenvalue weighted by atomic mass is 14.3. The fourth-order valence-corrected chi connectivity index (χ4v) is 6.80. The molecule has 0 heteroatoms. The van der Waals surface area contributed by atoms with E-state index in [2.05, 4.69) is 103 Å². The Hall–Kier alpha value is -3.64. The van der Waals surface area contributed by atoms with Crippen molar-refractivity contribution in [2.75, 3.05) is 0 Å². The summed E-state index contributed by atoms with van der Waals surface area (Å²) in [6, 6.07) is 35.9. The molecule has 2 aliphatic carbocycles. The van der Waals surface area contributed by atoms with Gasteiger partial charge in [0.2, 0.25) is 0 Å². The van der Waals surface area contributed by atoms with E-state index < -0.39 is 0 Å². The van der Waals surface area contributed by atoms with Gasteiger partial charge in [-0.15, -0.1) is 0 Å². The van der Waals surface area contributed by atoms with E-state index >= 15 is 0 Å². The number of hydrogen-bond acceptors (Lipinski definition) is 0. The molecule has 5 aromatic rings. The SMILES string of the molecule is C1=C(CC2CCCCC2)Cc2c(-c3cccc4ccccc34)ccc(-c3cccc4ccccc34)c21. The van der Waals surface area contributed by atoms with Gasteiger partial charge in [0.1, 0.15) is 0 Å². The van der Waals surface area contributed by atoms with Crippen LogP contribution in [-0.4, -0.2) is 0 Å². The van der Waals surface area contributed by atoms with Gasteiger partial charge in [-0.05, 0) is 73.7 Å². The Morgan fingerprint density at radius 3 is 1.81 bits per heavy atom. The van der Waals surface area contributed by atoms with Crippen molar-refractivity contribution in [1.29, 1.82) is 0 Å². The van der Waals surface area contributed by atoms with Gasteiger partial charge in [-0.1, -0.05) is 141 Å². The van der Waals surface area contributed by atoms with Crippen molar-refractivity contribution >= 4 is 27.6 Å². The Morgan fingerprint density at radius 2 is 1.11 bits per heavy atom. The minimum Gasteiger partial charge on any atom is -0.0649 e. The molecule has 5 aromatic carbocycles. The predicted molar refractivity (Wildman–Crippen MR) is 155 cm³/mol. The molecule has 2 aliphatic rings. The summed E-state index contributed by atoms with van der Waals surface area (Å²) in [5.41, 5.74) is 10.1. The standard InChI is InChI=1S/C36H32/c1-2-10-25(11-3-1)22-26-23-35-33(31-18-8-14-27-12-4-6-16-29(27)31)20-21-34(36(35)24-26)32-19-9-15-28-13-5-7-17-30(28)32/h4-9,12-21,23,25H,1-3,10-11,22,24H2. The molecule has 0 atom stereocenters. The van der Waals surface area contributed by atoms with E-state index in [1.807, 2.05) is 0 Å².